The van der Waals surface area contributed by atoms with Crippen LogP contribution in [0.1, 0.15) is 21.5 Å². The van der Waals surface area contributed by atoms with E-state index in [4.69, 9.17) is 5.73 Å². The first-order valence-electron chi connectivity index (χ1n) is 6.48. The van der Waals surface area contributed by atoms with E-state index in [-0.39, 0.29) is 11.7 Å². The third-order valence-corrected chi connectivity index (χ3v) is 3.08. The van der Waals surface area contributed by atoms with Gasteiger partial charge in [0.1, 0.15) is 5.75 Å². The fourth-order valence-corrected chi connectivity index (χ4v) is 1.93. The average Bonchev–Trinajstić information content (AvgIpc) is 2.43. The van der Waals surface area contributed by atoms with Gasteiger partial charge in [-0.25, -0.2) is 0 Å². The van der Waals surface area contributed by atoms with Crippen LogP contribution in [0.25, 0.3) is 0 Å². The van der Waals surface area contributed by atoms with E-state index in [0.29, 0.717) is 12.1 Å². The Bertz CT molecular complexity index is 606. The summed E-state index contributed by atoms with van der Waals surface area (Å²) in [5.74, 6) is -0.262. The zero-order chi connectivity index (χ0) is 14.5. The van der Waals surface area contributed by atoms with Gasteiger partial charge in [0.05, 0.1) is 5.56 Å². The van der Waals surface area contributed by atoms with Gasteiger partial charge in [-0.05, 0) is 43.2 Å². The van der Waals surface area contributed by atoms with E-state index in [1.807, 2.05) is 31.2 Å². The number of phenolic OH excluding ortho intramolecular Hbond substituents is 1. The van der Waals surface area contributed by atoms with Gasteiger partial charge < -0.3 is 16.2 Å². The first-order valence-corrected chi connectivity index (χ1v) is 6.48. The summed E-state index contributed by atoms with van der Waals surface area (Å²) in [6.45, 7) is 2.39. The molecule has 20 heavy (non-hydrogen) atoms. The lowest BCUT2D eigenvalue weighted by Crippen LogP contribution is -2.25. The molecule has 4 nitrogen and oxygen atoms in total. The molecule has 0 bridgehead atoms. The van der Waals surface area contributed by atoms with Gasteiger partial charge in [-0.3, -0.25) is 4.79 Å². The van der Waals surface area contributed by atoms with Crippen LogP contribution in [0, 0.1) is 6.92 Å². The average molecular weight is 270 g/mol. The van der Waals surface area contributed by atoms with Crippen LogP contribution in [0.3, 0.4) is 0 Å². The molecular weight excluding hydrogens is 252 g/mol. The molecule has 0 saturated carbocycles. The molecule has 104 valence electrons. The highest BCUT2D eigenvalue weighted by Crippen LogP contribution is 2.17. The van der Waals surface area contributed by atoms with Crippen LogP contribution in [0.4, 0.5) is 5.69 Å². The minimum absolute atomic E-state index is 0.000541. The van der Waals surface area contributed by atoms with Crippen LogP contribution < -0.4 is 11.1 Å². The molecular formula is C16H18N2O2. The van der Waals surface area contributed by atoms with Crippen molar-refractivity contribution in [1.29, 1.82) is 0 Å². The predicted octanol–water partition coefficient (Wildman–Crippen LogP) is 2.26. The molecule has 0 aliphatic carbocycles. The summed E-state index contributed by atoms with van der Waals surface area (Å²) in [4.78, 5) is 12.0. The molecule has 2 aromatic rings. The topological polar surface area (TPSA) is 75.3 Å². The standard InChI is InChI=1S/C16H18N2O2/c1-11-2-7-15(19)14(10-11)16(20)18-9-8-12-3-5-13(17)6-4-12/h2-7,10,19H,8-9,17H2,1H3,(H,18,20). The summed E-state index contributed by atoms with van der Waals surface area (Å²) >= 11 is 0. The predicted molar refractivity (Wildman–Crippen MR) is 79.7 cm³/mol. The van der Waals surface area contributed by atoms with Crippen LogP contribution >= 0.6 is 0 Å². The molecule has 2 aromatic carbocycles. The molecule has 0 spiro atoms. The fourth-order valence-electron chi connectivity index (χ4n) is 1.93. The molecule has 0 radical (unpaired) electrons. The van der Waals surface area contributed by atoms with E-state index in [9.17, 15) is 9.90 Å². The summed E-state index contributed by atoms with van der Waals surface area (Å²) in [5.41, 5.74) is 8.69. The van der Waals surface area contributed by atoms with Crippen molar-refractivity contribution in [3.8, 4) is 5.75 Å². The highest BCUT2D eigenvalue weighted by atomic mass is 16.3. The number of amides is 1. The van der Waals surface area contributed by atoms with E-state index in [1.54, 1.807) is 12.1 Å². The second-order valence-corrected chi connectivity index (χ2v) is 4.77. The van der Waals surface area contributed by atoms with Gasteiger partial charge in [0.15, 0.2) is 0 Å². The summed E-state index contributed by atoms with van der Waals surface area (Å²) < 4.78 is 0. The molecule has 4 heteroatoms. The molecule has 0 aliphatic heterocycles. The zero-order valence-electron chi connectivity index (χ0n) is 11.4. The maximum atomic E-state index is 12.0. The molecule has 2 rings (SSSR count). The molecule has 0 saturated heterocycles. The lowest BCUT2D eigenvalue weighted by atomic mass is 10.1. The van der Waals surface area contributed by atoms with Crippen LogP contribution in [0.15, 0.2) is 42.5 Å². The number of nitrogen functional groups attached to an aromatic ring is 1. The van der Waals surface area contributed by atoms with E-state index in [0.717, 1.165) is 23.2 Å². The van der Waals surface area contributed by atoms with Gasteiger partial charge in [-0.2, -0.15) is 0 Å². The lowest BCUT2D eigenvalue weighted by molar-refractivity contribution is 0.0951. The Labute approximate surface area is 118 Å². The summed E-state index contributed by atoms with van der Waals surface area (Å²) in [5, 5.41) is 12.5. The van der Waals surface area contributed by atoms with Gasteiger partial charge in [0, 0.05) is 12.2 Å². The monoisotopic (exact) mass is 270 g/mol. The molecule has 1 amide bonds. The number of rotatable bonds is 4. The smallest absolute Gasteiger partial charge is 0.255 e. The molecule has 4 N–H and O–H groups in total. The normalized spacial score (nSPS) is 10.2. The Morgan fingerprint density at radius 3 is 2.60 bits per heavy atom. The van der Waals surface area contributed by atoms with Gasteiger partial charge in [-0.1, -0.05) is 23.8 Å². The third-order valence-electron chi connectivity index (χ3n) is 3.08. The summed E-state index contributed by atoms with van der Waals surface area (Å²) in [6.07, 6.45) is 0.721. The highest BCUT2D eigenvalue weighted by Gasteiger charge is 2.10. The minimum Gasteiger partial charge on any atom is -0.507 e. The number of anilines is 1. The second-order valence-electron chi connectivity index (χ2n) is 4.77. The fraction of sp³-hybridized carbons (Fsp3) is 0.188. The number of carbonyl (C=O) groups is 1. The molecule has 0 aromatic heterocycles. The first-order chi connectivity index (χ1) is 9.56. The highest BCUT2D eigenvalue weighted by molar-refractivity contribution is 5.96. The van der Waals surface area contributed by atoms with E-state index in [2.05, 4.69) is 5.32 Å². The van der Waals surface area contributed by atoms with Crippen molar-refractivity contribution in [3.63, 3.8) is 0 Å². The van der Waals surface area contributed by atoms with Crippen molar-refractivity contribution in [2.24, 2.45) is 0 Å². The zero-order valence-corrected chi connectivity index (χ0v) is 11.4. The van der Waals surface area contributed by atoms with Crippen LogP contribution in [-0.4, -0.2) is 17.6 Å². The Morgan fingerprint density at radius 1 is 1.20 bits per heavy atom. The second kappa shape index (κ2) is 6.10. The maximum Gasteiger partial charge on any atom is 0.255 e. The number of hydrogen-bond donors (Lipinski definition) is 3. The summed E-state index contributed by atoms with van der Waals surface area (Å²) in [7, 11) is 0. The molecule has 0 atom stereocenters. The van der Waals surface area contributed by atoms with Crippen LogP contribution in [0.5, 0.6) is 5.75 Å². The molecule has 0 aliphatic rings. The van der Waals surface area contributed by atoms with Gasteiger partial charge in [0.2, 0.25) is 0 Å². The Balaban J connectivity index is 1.92. The largest absolute Gasteiger partial charge is 0.507 e. The van der Waals surface area contributed by atoms with Crippen LogP contribution in [0.2, 0.25) is 0 Å². The first kappa shape index (κ1) is 13.9. The number of aromatic hydroxyl groups is 1. The Kier molecular flexibility index (Phi) is 4.25. The Morgan fingerprint density at radius 2 is 1.90 bits per heavy atom. The van der Waals surface area contributed by atoms with Crippen molar-refractivity contribution >= 4 is 11.6 Å². The SMILES string of the molecule is Cc1ccc(O)c(C(=O)NCCc2ccc(N)cc2)c1. The van der Waals surface area contributed by atoms with Gasteiger partial charge in [-0.15, -0.1) is 0 Å². The molecule has 0 fully saturated rings. The quantitative estimate of drug-likeness (QED) is 0.746. The molecule has 0 unspecified atom stereocenters. The van der Waals surface area contributed by atoms with E-state index in [1.165, 1.54) is 6.07 Å². The van der Waals surface area contributed by atoms with Crippen molar-refractivity contribution < 1.29 is 9.90 Å². The third kappa shape index (κ3) is 3.51. The van der Waals surface area contributed by atoms with Crippen molar-refractivity contribution in [2.45, 2.75) is 13.3 Å². The number of phenols is 1. The van der Waals surface area contributed by atoms with Gasteiger partial charge >= 0.3 is 0 Å². The Hall–Kier alpha value is -2.49. The van der Waals surface area contributed by atoms with E-state index >= 15 is 0 Å². The lowest BCUT2D eigenvalue weighted by Gasteiger charge is -2.08. The van der Waals surface area contributed by atoms with Crippen molar-refractivity contribution in [1.82, 2.24) is 5.32 Å². The number of nitrogens with one attached hydrogen (secondary N) is 1. The number of nitrogens with two attached hydrogens (primary N) is 1. The van der Waals surface area contributed by atoms with Crippen LogP contribution in [-0.2, 0) is 6.42 Å². The number of benzene rings is 2. The number of aryl methyl sites for hydroxylation is 1. The minimum atomic E-state index is -0.262. The van der Waals surface area contributed by atoms with Crippen molar-refractivity contribution in [2.75, 3.05) is 12.3 Å². The molecule has 0 heterocycles. The number of carbonyl (C=O) groups excluding carboxylic acids is 1. The van der Waals surface area contributed by atoms with E-state index < -0.39 is 0 Å². The maximum absolute atomic E-state index is 12.0. The van der Waals surface area contributed by atoms with Crippen molar-refractivity contribution in [3.05, 3.63) is 59.2 Å². The summed E-state index contributed by atoms with van der Waals surface area (Å²) in [6, 6.07) is 12.5. The number of hydrogen-bond acceptors (Lipinski definition) is 3. The van der Waals surface area contributed by atoms with Gasteiger partial charge in [0.25, 0.3) is 5.91 Å².